The third-order valence-electron chi connectivity index (χ3n) is 4.80. The zero-order valence-electron chi connectivity index (χ0n) is 16.2. The number of carbonyl (C=O) groups is 1. The Kier molecular flexibility index (Phi) is 6.39. The Balaban J connectivity index is 1.86. The van der Waals surface area contributed by atoms with Crippen LogP contribution >= 0.6 is 0 Å². The molecule has 0 unspecified atom stereocenters. The molecule has 1 fully saturated rings. The van der Waals surface area contributed by atoms with E-state index >= 15 is 0 Å². The predicted octanol–water partition coefficient (Wildman–Crippen LogP) is 3.02. The second-order valence-corrected chi connectivity index (χ2v) is 8.56. The van der Waals surface area contributed by atoms with Gasteiger partial charge in [-0.1, -0.05) is 6.42 Å². The van der Waals surface area contributed by atoms with Gasteiger partial charge in [-0.05, 0) is 37.1 Å². The highest BCUT2D eigenvalue weighted by molar-refractivity contribution is 7.89. The molecular weight excluding hydrogens is 399 g/mol. The van der Waals surface area contributed by atoms with Gasteiger partial charge in [0.15, 0.2) is 0 Å². The molecular formula is C20H23FN2O5S. The fraction of sp³-hybridized carbons (Fsp3) is 0.350. The maximum absolute atomic E-state index is 13.2. The first kappa shape index (κ1) is 21.1. The maximum Gasteiger partial charge on any atom is 0.243 e. The summed E-state index contributed by atoms with van der Waals surface area (Å²) in [5, 5.41) is 2.76. The van der Waals surface area contributed by atoms with Crippen LogP contribution in [-0.2, 0) is 14.8 Å². The van der Waals surface area contributed by atoms with Crippen molar-refractivity contribution >= 4 is 21.6 Å². The second kappa shape index (κ2) is 8.79. The minimum absolute atomic E-state index is 0.0401. The average Bonchev–Trinajstić information content (AvgIpc) is 2.73. The summed E-state index contributed by atoms with van der Waals surface area (Å²) in [5.74, 6) is 0.0349. The van der Waals surface area contributed by atoms with Crippen molar-refractivity contribution in [2.24, 2.45) is 0 Å². The molecule has 29 heavy (non-hydrogen) atoms. The van der Waals surface area contributed by atoms with Gasteiger partial charge < -0.3 is 14.8 Å². The number of rotatable bonds is 6. The molecule has 1 amide bonds. The summed E-state index contributed by atoms with van der Waals surface area (Å²) >= 11 is 0. The molecule has 1 aliphatic rings. The molecule has 0 spiro atoms. The van der Waals surface area contributed by atoms with E-state index in [1.165, 1.54) is 30.7 Å². The lowest BCUT2D eigenvalue weighted by Crippen LogP contribution is -2.49. The van der Waals surface area contributed by atoms with Gasteiger partial charge in [0, 0.05) is 30.4 Å². The summed E-state index contributed by atoms with van der Waals surface area (Å²) in [6.45, 7) is 0.221. The van der Waals surface area contributed by atoms with Gasteiger partial charge >= 0.3 is 0 Å². The number of anilines is 1. The molecule has 1 N–H and O–H groups in total. The Morgan fingerprint density at radius 2 is 1.69 bits per heavy atom. The van der Waals surface area contributed by atoms with Gasteiger partial charge in [-0.3, -0.25) is 4.79 Å². The van der Waals surface area contributed by atoms with Gasteiger partial charge in [-0.15, -0.1) is 0 Å². The highest BCUT2D eigenvalue weighted by atomic mass is 32.2. The van der Waals surface area contributed by atoms with E-state index in [0.717, 1.165) is 18.6 Å². The number of nitrogens with zero attached hydrogens (tertiary/aromatic N) is 1. The molecule has 9 heteroatoms. The lowest BCUT2D eigenvalue weighted by atomic mass is 10.0. The minimum atomic E-state index is -3.93. The Labute approximate surface area is 169 Å². The summed E-state index contributed by atoms with van der Waals surface area (Å²) in [6, 6.07) is 8.66. The predicted molar refractivity (Wildman–Crippen MR) is 106 cm³/mol. The summed E-state index contributed by atoms with van der Waals surface area (Å²) in [4.78, 5) is 12.9. The smallest absolute Gasteiger partial charge is 0.243 e. The molecule has 0 radical (unpaired) electrons. The van der Waals surface area contributed by atoms with Crippen LogP contribution < -0.4 is 14.8 Å². The van der Waals surface area contributed by atoms with Crippen LogP contribution in [0.25, 0.3) is 0 Å². The Morgan fingerprint density at radius 3 is 2.28 bits per heavy atom. The number of halogens is 1. The minimum Gasteiger partial charge on any atom is -0.497 e. The van der Waals surface area contributed by atoms with Crippen molar-refractivity contribution in [2.45, 2.75) is 30.2 Å². The van der Waals surface area contributed by atoms with Crippen molar-refractivity contribution in [1.82, 2.24) is 4.31 Å². The van der Waals surface area contributed by atoms with E-state index in [-0.39, 0.29) is 11.4 Å². The molecule has 156 valence electrons. The summed E-state index contributed by atoms with van der Waals surface area (Å²) in [5.41, 5.74) is 0.441. The number of sulfonamides is 1. The molecule has 7 nitrogen and oxygen atoms in total. The van der Waals surface area contributed by atoms with Crippen LogP contribution in [0.3, 0.4) is 0 Å². The van der Waals surface area contributed by atoms with Crippen LogP contribution in [0.15, 0.2) is 47.4 Å². The molecule has 1 saturated heterocycles. The van der Waals surface area contributed by atoms with Gasteiger partial charge in [0.05, 0.1) is 19.1 Å². The number of carbonyl (C=O) groups excluding carboxylic acids is 1. The number of benzene rings is 2. The number of hydrogen-bond donors (Lipinski definition) is 1. The van der Waals surface area contributed by atoms with E-state index in [9.17, 15) is 17.6 Å². The quantitative estimate of drug-likeness (QED) is 0.774. The number of piperidine rings is 1. The number of ether oxygens (including phenoxy) is 2. The number of nitrogens with one attached hydrogen (secondary N) is 1. The van der Waals surface area contributed by atoms with Crippen LogP contribution in [0.4, 0.5) is 10.1 Å². The highest BCUT2D eigenvalue weighted by Gasteiger charge is 2.37. The molecule has 0 saturated carbocycles. The summed E-state index contributed by atoms with van der Waals surface area (Å²) in [7, 11) is -0.937. The molecule has 1 heterocycles. The first-order valence-corrected chi connectivity index (χ1v) is 10.6. The highest BCUT2D eigenvalue weighted by Crippen LogP contribution is 2.29. The molecule has 1 atom stereocenters. The van der Waals surface area contributed by atoms with Crippen LogP contribution in [0.1, 0.15) is 19.3 Å². The van der Waals surface area contributed by atoms with E-state index in [1.54, 1.807) is 18.2 Å². The van der Waals surface area contributed by atoms with E-state index in [2.05, 4.69) is 5.32 Å². The van der Waals surface area contributed by atoms with Crippen LogP contribution in [-0.4, -0.2) is 45.4 Å². The maximum atomic E-state index is 13.2. The zero-order valence-corrected chi connectivity index (χ0v) is 17.0. The number of amides is 1. The Hall–Kier alpha value is -2.65. The average molecular weight is 422 g/mol. The molecule has 0 bridgehead atoms. The third-order valence-corrected chi connectivity index (χ3v) is 6.72. The molecule has 2 aromatic carbocycles. The Bertz CT molecular complexity index is 957. The topological polar surface area (TPSA) is 84.9 Å². The first-order chi connectivity index (χ1) is 13.8. The van der Waals surface area contributed by atoms with Gasteiger partial charge in [0.25, 0.3) is 0 Å². The molecule has 2 aromatic rings. The van der Waals surface area contributed by atoms with Gasteiger partial charge in [-0.25, -0.2) is 12.8 Å². The van der Waals surface area contributed by atoms with Crippen molar-refractivity contribution in [3.05, 3.63) is 48.3 Å². The molecule has 0 aliphatic carbocycles. The second-order valence-electron chi connectivity index (χ2n) is 6.67. The van der Waals surface area contributed by atoms with Crippen LogP contribution in [0, 0.1) is 5.82 Å². The standard InChI is InChI=1S/C20H23FN2O5S/c1-27-16-11-15(12-17(13-16)28-2)22-20(24)19-5-3-4-10-23(19)29(25,26)18-8-6-14(21)7-9-18/h6-9,11-13,19H,3-5,10H2,1-2H3,(H,22,24)/t19-/m1/s1. The normalized spacial score (nSPS) is 17.6. The number of hydrogen-bond acceptors (Lipinski definition) is 5. The fourth-order valence-corrected chi connectivity index (χ4v) is 4.96. The Morgan fingerprint density at radius 1 is 1.07 bits per heavy atom. The van der Waals surface area contributed by atoms with Crippen molar-refractivity contribution in [3.63, 3.8) is 0 Å². The lowest BCUT2D eigenvalue weighted by Gasteiger charge is -2.33. The fourth-order valence-electron chi connectivity index (χ4n) is 3.30. The van der Waals surface area contributed by atoms with Crippen molar-refractivity contribution in [3.8, 4) is 11.5 Å². The van der Waals surface area contributed by atoms with E-state index in [0.29, 0.717) is 30.0 Å². The molecule has 0 aromatic heterocycles. The summed E-state index contributed by atoms with van der Waals surface area (Å²) < 4.78 is 50.9. The van der Waals surface area contributed by atoms with Crippen LogP contribution in [0.5, 0.6) is 11.5 Å². The third kappa shape index (κ3) is 4.68. The van der Waals surface area contributed by atoms with E-state index < -0.39 is 27.8 Å². The van der Waals surface area contributed by atoms with Crippen molar-refractivity contribution in [1.29, 1.82) is 0 Å². The number of methoxy groups -OCH3 is 2. The summed E-state index contributed by atoms with van der Waals surface area (Å²) in [6.07, 6.45) is 1.78. The van der Waals surface area contributed by atoms with Crippen LogP contribution in [0.2, 0.25) is 0 Å². The van der Waals surface area contributed by atoms with Crippen molar-refractivity contribution < 1.29 is 27.1 Å². The molecule has 3 rings (SSSR count). The first-order valence-electron chi connectivity index (χ1n) is 9.16. The van der Waals surface area contributed by atoms with Gasteiger partial charge in [-0.2, -0.15) is 4.31 Å². The largest absolute Gasteiger partial charge is 0.497 e. The van der Waals surface area contributed by atoms with E-state index in [4.69, 9.17) is 9.47 Å². The van der Waals surface area contributed by atoms with Gasteiger partial charge in [0.1, 0.15) is 23.4 Å². The lowest BCUT2D eigenvalue weighted by molar-refractivity contribution is -0.120. The molecule has 1 aliphatic heterocycles. The van der Waals surface area contributed by atoms with Crippen molar-refractivity contribution in [2.75, 3.05) is 26.1 Å². The SMILES string of the molecule is COc1cc(NC(=O)[C@H]2CCCCN2S(=O)(=O)c2ccc(F)cc2)cc(OC)c1. The van der Waals surface area contributed by atoms with Gasteiger partial charge in [0.2, 0.25) is 15.9 Å². The monoisotopic (exact) mass is 422 g/mol. The zero-order chi connectivity index (χ0) is 21.0. The van der Waals surface area contributed by atoms with E-state index in [1.807, 2.05) is 0 Å².